The SMILES string of the molecule is CCOc1ccc(/C(O)=C2/C(=O)C(=O)N(c3ccc(Cl)cc3C)C2c2ccncc2)cc1C(C)(C)C. The minimum Gasteiger partial charge on any atom is -0.507 e. The van der Waals surface area contributed by atoms with E-state index in [0.29, 0.717) is 34.2 Å². The van der Waals surface area contributed by atoms with Gasteiger partial charge < -0.3 is 9.84 Å². The zero-order valence-electron chi connectivity index (χ0n) is 21.0. The lowest BCUT2D eigenvalue weighted by molar-refractivity contribution is -0.132. The van der Waals surface area contributed by atoms with Gasteiger partial charge in [-0.15, -0.1) is 0 Å². The summed E-state index contributed by atoms with van der Waals surface area (Å²) in [5, 5.41) is 12.1. The molecule has 3 aromatic rings. The summed E-state index contributed by atoms with van der Waals surface area (Å²) < 4.78 is 5.81. The number of pyridine rings is 1. The van der Waals surface area contributed by atoms with Crippen molar-refractivity contribution in [2.24, 2.45) is 0 Å². The highest BCUT2D eigenvalue weighted by atomic mass is 35.5. The van der Waals surface area contributed by atoms with Crippen LogP contribution in [0.5, 0.6) is 5.75 Å². The highest BCUT2D eigenvalue weighted by Crippen LogP contribution is 2.44. The standard InChI is InChI=1S/C29H29ClN2O4/c1-6-36-23-10-7-19(16-21(23)29(3,4)5)26(33)24-25(18-11-13-31-14-12-18)32(28(35)27(24)34)22-9-8-20(30)15-17(22)2/h7-16,25,33H,6H2,1-5H3/b26-24-. The lowest BCUT2D eigenvalue weighted by Gasteiger charge is -2.27. The predicted molar refractivity (Wildman–Crippen MR) is 142 cm³/mol. The van der Waals surface area contributed by atoms with Gasteiger partial charge in [-0.25, -0.2) is 0 Å². The Morgan fingerprint density at radius 2 is 1.78 bits per heavy atom. The summed E-state index contributed by atoms with van der Waals surface area (Å²) in [6.07, 6.45) is 3.19. The van der Waals surface area contributed by atoms with Gasteiger partial charge in [0.05, 0.1) is 18.2 Å². The lowest BCUT2D eigenvalue weighted by atomic mass is 9.84. The first kappa shape index (κ1) is 25.5. The van der Waals surface area contributed by atoms with E-state index in [1.165, 1.54) is 4.90 Å². The molecule has 1 aromatic heterocycles. The van der Waals surface area contributed by atoms with E-state index in [9.17, 15) is 14.7 Å². The number of carbonyl (C=O) groups excluding carboxylic acids is 2. The Kier molecular flexibility index (Phi) is 6.92. The number of carbonyl (C=O) groups is 2. The number of amides is 1. The van der Waals surface area contributed by atoms with Crippen molar-refractivity contribution in [2.45, 2.75) is 46.1 Å². The molecule has 6 nitrogen and oxygen atoms in total. The number of rotatable bonds is 5. The van der Waals surface area contributed by atoms with Gasteiger partial charge in [-0.3, -0.25) is 19.5 Å². The Balaban J connectivity index is 1.95. The summed E-state index contributed by atoms with van der Waals surface area (Å²) in [7, 11) is 0. The molecule has 1 aliphatic rings. The van der Waals surface area contributed by atoms with Crippen molar-refractivity contribution in [3.63, 3.8) is 0 Å². The highest BCUT2D eigenvalue weighted by Gasteiger charge is 2.47. The molecule has 36 heavy (non-hydrogen) atoms. The highest BCUT2D eigenvalue weighted by molar-refractivity contribution is 6.51. The Hall–Kier alpha value is -3.64. The van der Waals surface area contributed by atoms with Crippen LogP contribution in [-0.2, 0) is 15.0 Å². The van der Waals surface area contributed by atoms with Crippen LogP contribution in [0, 0.1) is 6.92 Å². The number of ether oxygens (including phenoxy) is 1. The van der Waals surface area contributed by atoms with E-state index in [2.05, 4.69) is 4.98 Å². The van der Waals surface area contributed by atoms with Crippen molar-refractivity contribution in [1.29, 1.82) is 0 Å². The smallest absolute Gasteiger partial charge is 0.300 e. The normalized spacial score (nSPS) is 17.5. The molecule has 2 heterocycles. The number of halogens is 1. The van der Waals surface area contributed by atoms with E-state index in [1.807, 2.05) is 40.7 Å². The molecular weight excluding hydrogens is 476 g/mol. The van der Waals surface area contributed by atoms with Crippen LogP contribution >= 0.6 is 11.6 Å². The third-order valence-electron chi connectivity index (χ3n) is 6.25. The molecule has 1 saturated heterocycles. The van der Waals surface area contributed by atoms with Gasteiger partial charge in [0.15, 0.2) is 0 Å². The van der Waals surface area contributed by atoms with Gasteiger partial charge in [-0.1, -0.05) is 32.4 Å². The van der Waals surface area contributed by atoms with Crippen molar-refractivity contribution in [2.75, 3.05) is 11.5 Å². The van der Waals surface area contributed by atoms with Crippen molar-refractivity contribution in [1.82, 2.24) is 4.98 Å². The van der Waals surface area contributed by atoms with Crippen LogP contribution in [0.25, 0.3) is 5.76 Å². The van der Waals surface area contributed by atoms with Crippen LogP contribution in [0.1, 0.15) is 56.0 Å². The zero-order valence-corrected chi connectivity index (χ0v) is 21.8. The van der Waals surface area contributed by atoms with E-state index in [-0.39, 0.29) is 16.7 Å². The third kappa shape index (κ3) is 4.61. The van der Waals surface area contributed by atoms with E-state index in [0.717, 1.165) is 11.1 Å². The van der Waals surface area contributed by atoms with E-state index >= 15 is 0 Å². The maximum Gasteiger partial charge on any atom is 0.300 e. The van der Waals surface area contributed by atoms with Gasteiger partial charge in [0.1, 0.15) is 11.5 Å². The Bertz CT molecular complexity index is 1360. The number of Topliss-reactive ketones (excluding diaryl/α,β-unsaturated/α-hetero) is 1. The molecule has 0 bridgehead atoms. The van der Waals surface area contributed by atoms with Gasteiger partial charge in [0.2, 0.25) is 0 Å². The quantitative estimate of drug-likeness (QED) is 0.248. The number of aliphatic hydroxyl groups excluding tert-OH is 1. The van der Waals surface area contributed by atoms with E-state index in [4.69, 9.17) is 16.3 Å². The monoisotopic (exact) mass is 504 g/mol. The lowest BCUT2D eigenvalue weighted by Crippen LogP contribution is -2.30. The molecule has 1 atom stereocenters. The third-order valence-corrected chi connectivity index (χ3v) is 6.48. The molecule has 0 spiro atoms. The second-order valence-corrected chi connectivity index (χ2v) is 10.2. The first-order valence-corrected chi connectivity index (χ1v) is 12.2. The summed E-state index contributed by atoms with van der Waals surface area (Å²) >= 11 is 6.15. The average molecular weight is 505 g/mol. The van der Waals surface area contributed by atoms with Gasteiger partial charge in [0.25, 0.3) is 11.7 Å². The Morgan fingerprint density at radius 3 is 2.39 bits per heavy atom. The largest absolute Gasteiger partial charge is 0.507 e. The molecule has 2 aromatic carbocycles. The van der Waals surface area contributed by atoms with Gasteiger partial charge in [-0.2, -0.15) is 0 Å². The van der Waals surface area contributed by atoms with Crippen LogP contribution in [0.2, 0.25) is 5.02 Å². The second-order valence-electron chi connectivity index (χ2n) is 9.77. The molecule has 1 N–H and O–H groups in total. The van der Waals surface area contributed by atoms with Crippen molar-refractivity contribution >= 4 is 34.7 Å². The number of hydrogen-bond donors (Lipinski definition) is 1. The molecule has 1 amide bonds. The summed E-state index contributed by atoms with van der Waals surface area (Å²) in [4.78, 5) is 32.3. The molecular formula is C29H29ClN2O4. The minimum absolute atomic E-state index is 0.0181. The fourth-order valence-electron chi connectivity index (χ4n) is 4.53. The maximum atomic E-state index is 13.4. The van der Waals surface area contributed by atoms with Crippen LogP contribution in [0.3, 0.4) is 0 Å². The molecule has 4 rings (SSSR count). The maximum absolute atomic E-state index is 13.4. The predicted octanol–water partition coefficient (Wildman–Crippen LogP) is 6.37. The minimum atomic E-state index is -0.836. The fraction of sp³-hybridized carbons (Fsp3) is 0.276. The number of nitrogens with zero attached hydrogens (tertiary/aromatic N) is 2. The number of hydrogen-bond acceptors (Lipinski definition) is 5. The average Bonchev–Trinajstić information content (AvgIpc) is 3.09. The first-order chi connectivity index (χ1) is 17.0. The number of anilines is 1. The molecule has 7 heteroatoms. The van der Waals surface area contributed by atoms with Crippen LogP contribution in [0.15, 0.2) is 66.5 Å². The molecule has 1 aliphatic heterocycles. The molecule has 186 valence electrons. The Morgan fingerprint density at radius 1 is 1.08 bits per heavy atom. The van der Waals surface area contributed by atoms with Crippen molar-refractivity contribution in [3.8, 4) is 5.75 Å². The number of aliphatic hydroxyl groups is 1. The van der Waals surface area contributed by atoms with Crippen molar-refractivity contribution in [3.05, 3.63) is 93.8 Å². The number of benzene rings is 2. The molecule has 1 unspecified atom stereocenters. The number of ketones is 1. The van der Waals surface area contributed by atoms with Crippen LogP contribution in [0.4, 0.5) is 5.69 Å². The van der Waals surface area contributed by atoms with Crippen LogP contribution in [-0.4, -0.2) is 28.4 Å². The first-order valence-electron chi connectivity index (χ1n) is 11.8. The van der Waals surface area contributed by atoms with E-state index in [1.54, 1.807) is 54.9 Å². The van der Waals surface area contributed by atoms with Crippen LogP contribution < -0.4 is 9.64 Å². The van der Waals surface area contributed by atoms with Gasteiger partial charge in [0, 0.05) is 34.2 Å². The van der Waals surface area contributed by atoms with Gasteiger partial charge in [-0.05, 0) is 78.9 Å². The summed E-state index contributed by atoms with van der Waals surface area (Å²) in [5.41, 5.74) is 3.00. The molecule has 0 aliphatic carbocycles. The van der Waals surface area contributed by atoms with E-state index < -0.39 is 17.7 Å². The number of aromatic nitrogens is 1. The number of aryl methyl sites for hydroxylation is 1. The summed E-state index contributed by atoms with van der Waals surface area (Å²) in [5.74, 6) is -0.997. The summed E-state index contributed by atoms with van der Waals surface area (Å²) in [6.45, 7) is 10.4. The molecule has 0 saturated carbocycles. The summed E-state index contributed by atoms with van der Waals surface area (Å²) in [6, 6.07) is 13.1. The van der Waals surface area contributed by atoms with Crippen molar-refractivity contribution < 1.29 is 19.4 Å². The zero-order chi connectivity index (χ0) is 26.2. The molecule has 0 radical (unpaired) electrons. The molecule has 1 fully saturated rings. The second kappa shape index (κ2) is 9.78. The van der Waals surface area contributed by atoms with Gasteiger partial charge >= 0.3 is 0 Å². The topological polar surface area (TPSA) is 79.7 Å². The Labute approximate surface area is 216 Å². The fourth-order valence-corrected chi connectivity index (χ4v) is 4.76.